The van der Waals surface area contributed by atoms with E-state index in [1.165, 1.54) is 31.2 Å². The quantitative estimate of drug-likeness (QED) is 0.645. The third-order valence-corrected chi connectivity index (χ3v) is 5.46. The topological polar surface area (TPSA) is 133 Å². The van der Waals surface area contributed by atoms with Gasteiger partial charge in [0, 0.05) is 11.4 Å². The Morgan fingerprint density at radius 2 is 1.79 bits per heavy atom. The number of benzene rings is 2. The standard InChI is InChI=1S/C23H19F3N4O3/c1-11-8-13(10-27)6-7-16(11)18-17(22(32)33)12(2)30(20(28)19(18)21(29)31)15-5-3-4-14(9-15)23(24,25)26/h3-9,18H,28H2,1-2H3,(H2,29,31)(H,32,33). The van der Waals surface area contributed by atoms with Gasteiger partial charge < -0.3 is 21.5 Å². The summed E-state index contributed by atoms with van der Waals surface area (Å²) in [4.78, 5) is 25.9. The van der Waals surface area contributed by atoms with E-state index in [0.29, 0.717) is 16.7 Å². The molecule has 10 heteroatoms. The van der Waals surface area contributed by atoms with E-state index in [1.807, 2.05) is 6.07 Å². The fourth-order valence-corrected chi connectivity index (χ4v) is 4.00. The number of carboxylic acid groups (broad SMARTS) is 1. The number of carbonyl (C=O) groups excluding carboxylic acids is 1. The molecule has 0 radical (unpaired) electrons. The van der Waals surface area contributed by atoms with Crippen LogP contribution in [0.2, 0.25) is 0 Å². The zero-order chi connectivity index (χ0) is 24.7. The van der Waals surface area contributed by atoms with Gasteiger partial charge in [-0.05, 0) is 55.3 Å². The molecule has 1 amide bonds. The Bertz CT molecular complexity index is 1230. The predicted octanol–water partition coefficient (Wildman–Crippen LogP) is 3.50. The Kier molecular flexibility index (Phi) is 5.92. The lowest BCUT2D eigenvalue weighted by atomic mass is 9.78. The highest BCUT2D eigenvalue weighted by atomic mass is 19.4. The van der Waals surface area contributed by atoms with E-state index in [2.05, 4.69) is 0 Å². The van der Waals surface area contributed by atoms with Crippen LogP contribution in [0.3, 0.4) is 0 Å². The van der Waals surface area contributed by atoms with Crippen LogP contribution in [0.5, 0.6) is 0 Å². The number of carbonyl (C=O) groups is 2. The van der Waals surface area contributed by atoms with Gasteiger partial charge in [-0.2, -0.15) is 18.4 Å². The predicted molar refractivity (Wildman–Crippen MR) is 113 cm³/mol. The Balaban J connectivity index is 2.33. The highest BCUT2D eigenvalue weighted by Crippen LogP contribution is 2.44. The number of amides is 1. The lowest BCUT2D eigenvalue weighted by Crippen LogP contribution is -2.40. The average molecular weight is 456 g/mol. The van der Waals surface area contributed by atoms with Crippen LogP contribution >= 0.6 is 0 Å². The summed E-state index contributed by atoms with van der Waals surface area (Å²) in [7, 11) is 0. The van der Waals surface area contributed by atoms with Crippen molar-refractivity contribution in [3.63, 3.8) is 0 Å². The number of hydrogen-bond donors (Lipinski definition) is 3. The first-order valence-electron chi connectivity index (χ1n) is 9.60. The lowest BCUT2D eigenvalue weighted by Gasteiger charge is -2.37. The van der Waals surface area contributed by atoms with Crippen molar-refractivity contribution in [2.75, 3.05) is 4.90 Å². The molecule has 0 bridgehead atoms. The molecule has 170 valence electrons. The van der Waals surface area contributed by atoms with Crippen molar-refractivity contribution in [2.45, 2.75) is 25.9 Å². The fraction of sp³-hybridized carbons (Fsp3) is 0.174. The molecule has 1 aliphatic heterocycles. The number of carboxylic acids is 1. The number of allylic oxidation sites excluding steroid dienone is 1. The molecule has 1 heterocycles. The maximum Gasteiger partial charge on any atom is 0.416 e. The number of aliphatic carboxylic acids is 1. The van der Waals surface area contributed by atoms with E-state index in [-0.39, 0.29) is 28.4 Å². The van der Waals surface area contributed by atoms with Gasteiger partial charge in [-0.15, -0.1) is 0 Å². The van der Waals surface area contributed by atoms with Crippen molar-refractivity contribution in [3.8, 4) is 6.07 Å². The number of hydrogen-bond acceptors (Lipinski definition) is 5. The summed E-state index contributed by atoms with van der Waals surface area (Å²) in [5, 5.41) is 19.2. The Morgan fingerprint density at radius 3 is 2.30 bits per heavy atom. The Labute approximate surface area is 187 Å². The summed E-state index contributed by atoms with van der Waals surface area (Å²) in [6.07, 6.45) is -4.65. The van der Waals surface area contributed by atoms with Gasteiger partial charge in [-0.3, -0.25) is 4.79 Å². The highest BCUT2D eigenvalue weighted by Gasteiger charge is 2.41. The first-order valence-corrected chi connectivity index (χ1v) is 9.60. The SMILES string of the molecule is CC1=C(C(=O)O)C(c2ccc(C#N)cc2C)C(C(N)=O)=C(N)N1c1cccc(C(F)(F)F)c1. The Hall–Kier alpha value is -4.26. The van der Waals surface area contributed by atoms with Crippen LogP contribution in [0, 0.1) is 18.3 Å². The molecular formula is C23H19F3N4O3. The maximum atomic E-state index is 13.3. The highest BCUT2D eigenvalue weighted by molar-refractivity contribution is 6.02. The molecule has 2 aromatic rings. The number of nitriles is 1. The molecule has 2 aromatic carbocycles. The third-order valence-electron chi connectivity index (χ3n) is 5.46. The minimum absolute atomic E-state index is 0.0260. The number of nitrogens with zero attached hydrogens (tertiary/aromatic N) is 2. The third kappa shape index (κ3) is 4.13. The molecule has 5 N–H and O–H groups in total. The minimum Gasteiger partial charge on any atom is -0.478 e. The summed E-state index contributed by atoms with van der Waals surface area (Å²) < 4.78 is 39.8. The van der Waals surface area contributed by atoms with Gasteiger partial charge in [0.2, 0.25) is 5.91 Å². The van der Waals surface area contributed by atoms with E-state index in [1.54, 1.807) is 6.92 Å². The molecule has 7 nitrogen and oxygen atoms in total. The molecule has 0 aromatic heterocycles. The van der Waals surface area contributed by atoms with Crippen LogP contribution in [0.15, 0.2) is 65.1 Å². The molecule has 1 aliphatic rings. The van der Waals surface area contributed by atoms with E-state index in [9.17, 15) is 27.9 Å². The zero-order valence-corrected chi connectivity index (χ0v) is 17.6. The van der Waals surface area contributed by atoms with Gasteiger partial charge in [-0.25, -0.2) is 4.79 Å². The van der Waals surface area contributed by atoms with E-state index in [4.69, 9.17) is 16.7 Å². The van der Waals surface area contributed by atoms with Gasteiger partial charge in [0.15, 0.2) is 0 Å². The van der Waals surface area contributed by atoms with Crippen LogP contribution in [0.4, 0.5) is 18.9 Å². The van der Waals surface area contributed by atoms with Crippen molar-refractivity contribution in [1.29, 1.82) is 5.26 Å². The molecule has 33 heavy (non-hydrogen) atoms. The van der Waals surface area contributed by atoms with Crippen molar-refractivity contribution >= 4 is 17.6 Å². The molecule has 1 unspecified atom stereocenters. The molecule has 0 spiro atoms. The number of nitrogens with two attached hydrogens (primary N) is 2. The van der Waals surface area contributed by atoms with Crippen LogP contribution in [-0.2, 0) is 15.8 Å². The Morgan fingerprint density at radius 1 is 1.12 bits per heavy atom. The number of alkyl halides is 3. The van der Waals surface area contributed by atoms with Crippen molar-refractivity contribution in [2.24, 2.45) is 11.5 Å². The molecule has 0 saturated heterocycles. The molecule has 0 saturated carbocycles. The van der Waals surface area contributed by atoms with Crippen LogP contribution < -0.4 is 16.4 Å². The average Bonchev–Trinajstić information content (AvgIpc) is 2.72. The maximum absolute atomic E-state index is 13.3. The first-order chi connectivity index (χ1) is 15.4. The van der Waals surface area contributed by atoms with Gasteiger partial charge in [0.25, 0.3) is 0 Å². The van der Waals surface area contributed by atoms with Crippen molar-refractivity contribution in [1.82, 2.24) is 0 Å². The molecule has 1 atom stereocenters. The van der Waals surface area contributed by atoms with Crippen LogP contribution in [0.1, 0.15) is 35.1 Å². The first kappa shape index (κ1) is 23.4. The number of aryl methyl sites for hydroxylation is 1. The van der Waals surface area contributed by atoms with Crippen LogP contribution in [0.25, 0.3) is 0 Å². The molecule has 0 aliphatic carbocycles. The molecule has 3 rings (SSSR count). The largest absolute Gasteiger partial charge is 0.478 e. The summed E-state index contributed by atoms with van der Waals surface area (Å²) in [5.41, 5.74) is 11.5. The number of halogens is 3. The minimum atomic E-state index is -4.65. The van der Waals surface area contributed by atoms with Crippen molar-refractivity contribution < 1.29 is 27.9 Å². The summed E-state index contributed by atoms with van der Waals surface area (Å²) in [6.45, 7) is 3.03. The van der Waals surface area contributed by atoms with E-state index >= 15 is 0 Å². The second-order valence-corrected chi connectivity index (χ2v) is 7.47. The number of anilines is 1. The summed E-state index contributed by atoms with van der Waals surface area (Å²) in [6, 6.07) is 10.6. The number of rotatable bonds is 4. The monoisotopic (exact) mass is 456 g/mol. The second kappa shape index (κ2) is 8.35. The van der Waals surface area contributed by atoms with Crippen molar-refractivity contribution in [3.05, 3.63) is 87.4 Å². The van der Waals surface area contributed by atoms with Gasteiger partial charge in [-0.1, -0.05) is 12.1 Å². The van der Waals surface area contributed by atoms with Crippen LogP contribution in [-0.4, -0.2) is 17.0 Å². The van der Waals surface area contributed by atoms with E-state index < -0.39 is 29.5 Å². The second-order valence-electron chi connectivity index (χ2n) is 7.47. The fourth-order valence-electron chi connectivity index (χ4n) is 4.00. The van der Waals surface area contributed by atoms with E-state index in [0.717, 1.165) is 23.1 Å². The smallest absolute Gasteiger partial charge is 0.416 e. The number of primary amides is 1. The molecular weight excluding hydrogens is 437 g/mol. The summed E-state index contributed by atoms with van der Waals surface area (Å²) >= 11 is 0. The van der Waals surface area contributed by atoms with Gasteiger partial charge >= 0.3 is 12.1 Å². The zero-order valence-electron chi connectivity index (χ0n) is 17.6. The lowest BCUT2D eigenvalue weighted by molar-refractivity contribution is -0.137. The normalized spacial score (nSPS) is 16.6. The van der Waals surface area contributed by atoms with Gasteiger partial charge in [0.1, 0.15) is 5.82 Å². The summed E-state index contributed by atoms with van der Waals surface area (Å²) in [5.74, 6) is -3.89. The van der Waals surface area contributed by atoms with Gasteiger partial charge in [0.05, 0.1) is 34.3 Å². The molecule has 0 fully saturated rings.